The molecule has 0 spiro atoms. The highest BCUT2D eigenvalue weighted by molar-refractivity contribution is 5.97. The highest BCUT2D eigenvalue weighted by atomic mass is 16.5. The van der Waals surface area contributed by atoms with E-state index < -0.39 is 0 Å². The van der Waals surface area contributed by atoms with Crippen molar-refractivity contribution in [1.29, 1.82) is 0 Å². The maximum Gasteiger partial charge on any atom is 0.265 e. The maximum atomic E-state index is 12.0. The first-order valence-corrected chi connectivity index (χ1v) is 6.52. The van der Waals surface area contributed by atoms with Gasteiger partial charge in [-0.05, 0) is 31.3 Å². The summed E-state index contributed by atoms with van der Waals surface area (Å²) in [5.74, 6) is 2.29. The van der Waals surface area contributed by atoms with Gasteiger partial charge >= 0.3 is 0 Å². The van der Waals surface area contributed by atoms with Gasteiger partial charge < -0.3 is 14.5 Å². The summed E-state index contributed by atoms with van der Waals surface area (Å²) < 4.78 is 11.1. The van der Waals surface area contributed by atoms with Crippen LogP contribution in [0.4, 0.5) is 5.69 Å². The first-order valence-electron chi connectivity index (χ1n) is 6.52. The second-order valence-electron chi connectivity index (χ2n) is 4.63. The summed E-state index contributed by atoms with van der Waals surface area (Å²) in [6, 6.07) is 11.3. The predicted octanol–water partition coefficient (Wildman–Crippen LogP) is 1.92. The van der Waals surface area contributed by atoms with Crippen molar-refractivity contribution >= 4 is 11.6 Å². The van der Waals surface area contributed by atoms with E-state index in [2.05, 4.69) is 5.32 Å². The van der Waals surface area contributed by atoms with Gasteiger partial charge in [-0.15, -0.1) is 0 Å². The van der Waals surface area contributed by atoms with Crippen molar-refractivity contribution in [3.8, 4) is 5.75 Å². The Morgan fingerprint density at radius 2 is 2.00 bits per heavy atom. The summed E-state index contributed by atoms with van der Waals surface area (Å²) in [4.78, 5) is 13.7. The van der Waals surface area contributed by atoms with Crippen molar-refractivity contribution in [2.45, 2.75) is 13.1 Å². The molecule has 0 fully saturated rings. The zero-order valence-corrected chi connectivity index (χ0v) is 11.3. The van der Waals surface area contributed by atoms with Gasteiger partial charge in [-0.25, -0.2) is 0 Å². The first-order chi connectivity index (χ1) is 9.78. The number of para-hydroxylation sites is 2. The molecule has 1 aromatic carbocycles. The molecule has 0 saturated carbocycles. The average Bonchev–Trinajstić information content (AvgIpc) is 2.90. The summed E-state index contributed by atoms with van der Waals surface area (Å²) in [6.45, 7) is 1.16. The second-order valence-corrected chi connectivity index (χ2v) is 4.63. The second kappa shape index (κ2) is 5.38. The number of hydrogen-bond acceptors (Lipinski definition) is 4. The average molecular weight is 272 g/mol. The number of ether oxygens (including phenoxy) is 1. The van der Waals surface area contributed by atoms with Crippen LogP contribution in [0.1, 0.15) is 11.5 Å². The minimum absolute atomic E-state index is 0.0599. The highest BCUT2D eigenvalue weighted by Crippen LogP contribution is 2.32. The van der Waals surface area contributed by atoms with Gasteiger partial charge in [-0.3, -0.25) is 9.69 Å². The molecular formula is C15H16N2O3. The Bertz CT molecular complexity index is 621. The summed E-state index contributed by atoms with van der Waals surface area (Å²) in [5, 5.41) is 3.03. The van der Waals surface area contributed by atoms with Crippen LogP contribution in [0.5, 0.6) is 5.75 Å². The minimum atomic E-state index is -0.0599. The van der Waals surface area contributed by atoms with Crippen LogP contribution >= 0.6 is 0 Å². The standard InChI is InChI=1S/C15H16N2O3/c1-16-8-11-6-7-12(20-11)9-17-13-4-2-3-5-14(13)19-10-15(17)18/h2-7,16H,8-10H2,1H3. The highest BCUT2D eigenvalue weighted by Gasteiger charge is 2.25. The van der Waals surface area contributed by atoms with Crippen LogP contribution in [0.2, 0.25) is 0 Å². The summed E-state index contributed by atoms with van der Waals surface area (Å²) in [6.07, 6.45) is 0. The topological polar surface area (TPSA) is 54.7 Å². The largest absolute Gasteiger partial charge is 0.482 e. The normalized spacial score (nSPS) is 14.1. The fraction of sp³-hybridized carbons (Fsp3) is 0.267. The van der Waals surface area contributed by atoms with E-state index >= 15 is 0 Å². The molecular weight excluding hydrogens is 256 g/mol. The van der Waals surface area contributed by atoms with Crippen molar-refractivity contribution in [2.75, 3.05) is 18.6 Å². The van der Waals surface area contributed by atoms with Crippen LogP contribution in [0, 0.1) is 0 Å². The van der Waals surface area contributed by atoms with Gasteiger partial charge in [0.2, 0.25) is 0 Å². The summed E-state index contributed by atoms with van der Waals surface area (Å²) >= 11 is 0. The molecule has 5 heteroatoms. The van der Waals surface area contributed by atoms with E-state index in [0.717, 1.165) is 23.0 Å². The molecule has 2 aromatic rings. The Hall–Kier alpha value is -2.27. The maximum absolute atomic E-state index is 12.0. The Labute approximate surface area is 117 Å². The van der Waals surface area contributed by atoms with E-state index in [9.17, 15) is 4.79 Å². The molecule has 1 amide bonds. The number of nitrogens with one attached hydrogen (secondary N) is 1. The van der Waals surface area contributed by atoms with Gasteiger partial charge in [0.15, 0.2) is 6.61 Å². The van der Waals surface area contributed by atoms with E-state index in [-0.39, 0.29) is 12.5 Å². The third-order valence-electron chi connectivity index (χ3n) is 3.19. The van der Waals surface area contributed by atoms with E-state index in [4.69, 9.17) is 9.15 Å². The number of rotatable bonds is 4. The van der Waals surface area contributed by atoms with Crippen LogP contribution in [0.15, 0.2) is 40.8 Å². The molecule has 20 heavy (non-hydrogen) atoms. The summed E-state index contributed by atoms with van der Waals surface area (Å²) in [5.41, 5.74) is 0.787. The monoisotopic (exact) mass is 272 g/mol. The van der Waals surface area contributed by atoms with Crippen molar-refractivity contribution < 1.29 is 13.9 Å². The van der Waals surface area contributed by atoms with Crippen molar-refractivity contribution in [3.05, 3.63) is 47.9 Å². The molecule has 0 saturated heterocycles. The Balaban J connectivity index is 1.83. The SMILES string of the molecule is CNCc1ccc(CN2C(=O)COc3ccccc32)o1. The molecule has 0 unspecified atom stereocenters. The lowest BCUT2D eigenvalue weighted by atomic mass is 10.2. The van der Waals surface area contributed by atoms with E-state index in [1.165, 1.54) is 0 Å². The first kappa shape index (κ1) is 12.7. The van der Waals surface area contributed by atoms with E-state index in [0.29, 0.717) is 13.1 Å². The third kappa shape index (κ3) is 2.40. The number of carbonyl (C=O) groups excluding carboxylic acids is 1. The number of anilines is 1. The smallest absolute Gasteiger partial charge is 0.265 e. The van der Waals surface area contributed by atoms with Gasteiger partial charge in [-0.2, -0.15) is 0 Å². The number of fused-ring (bicyclic) bond motifs is 1. The molecule has 0 bridgehead atoms. The molecule has 0 aliphatic carbocycles. The Morgan fingerprint density at radius 1 is 1.20 bits per heavy atom. The fourth-order valence-electron chi connectivity index (χ4n) is 2.26. The minimum Gasteiger partial charge on any atom is -0.482 e. The molecule has 0 radical (unpaired) electrons. The fourth-order valence-corrected chi connectivity index (χ4v) is 2.26. The zero-order valence-electron chi connectivity index (χ0n) is 11.3. The van der Waals surface area contributed by atoms with Crippen molar-refractivity contribution in [3.63, 3.8) is 0 Å². The quantitative estimate of drug-likeness (QED) is 0.924. The number of amides is 1. The number of benzene rings is 1. The lowest BCUT2D eigenvalue weighted by Crippen LogP contribution is -2.38. The van der Waals surface area contributed by atoms with Gasteiger partial charge in [0.05, 0.1) is 18.8 Å². The van der Waals surface area contributed by atoms with Crippen molar-refractivity contribution in [2.24, 2.45) is 0 Å². The number of carbonyl (C=O) groups is 1. The van der Waals surface area contributed by atoms with Crippen LogP contribution < -0.4 is 15.0 Å². The molecule has 1 aromatic heterocycles. The van der Waals surface area contributed by atoms with Crippen LogP contribution in [-0.2, 0) is 17.9 Å². The zero-order chi connectivity index (χ0) is 13.9. The Kier molecular flexibility index (Phi) is 3.43. The van der Waals surface area contributed by atoms with Crippen LogP contribution in [0.25, 0.3) is 0 Å². The van der Waals surface area contributed by atoms with Crippen LogP contribution in [0.3, 0.4) is 0 Å². The predicted molar refractivity (Wildman–Crippen MR) is 74.6 cm³/mol. The van der Waals surface area contributed by atoms with Gasteiger partial charge in [0, 0.05) is 0 Å². The molecule has 1 aliphatic heterocycles. The molecule has 1 N–H and O–H groups in total. The molecule has 1 aliphatic rings. The van der Waals surface area contributed by atoms with E-state index in [1.54, 1.807) is 4.90 Å². The number of nitrogens with zero attached hydrogens (tertiary/aromatic N) is 1. The van der Waals surface area contributed by atoms with Crippen molar-refractivity contribution in [1.82, 2.24) is 5.32 Å². The van der Waals surface area contributed by atoms with Crippen LogP contribution in [-0.4, -0.2) is 19.6 Å². The molecule has 3 rings (SSSR count). The Morgan fingerprint density at radius 3 is 2.85 bits per heavy atom. The third-order valence-corrected chi connectivity index (χ3v) is 3.19. The lowest BCUT2D eigenvalue weighted by molar-refractivity contribution is -0.121. The van der Waals surface area contributed by atoms with Gasteiger partial charge in [-0.1, -0.05) is 12.1 Å². The molecule has 104 valence electrons. The number of furan rings is 1. The van der Waals surface area contributed by atoms with Gasteiger partial charge in [0.25, 0.3) is 5.91 Å². The molecule has 2 heterocycles. The summed E-state index contributed by atoms with van der Waals surface area (Å²) in [7, 11) is 1.87. The van der Waals surface area contributed by atoms with E-state index in [1.807, 2.05) is 43.4 Å². The molecule has 5 nitrogen and oxygen atoms in total. The number of hydrogen-bond donors (Lipinski definition) is 1. The van der Waals surface area contributed by atoms with Gasteiger partial charge in [0.1, 0.15) is 17.3 Å². The molecule has 0 atom stereocenters. The lowest BCUT2D eigenvalue weighted by Gasteiger charge is -2.28.